The van der Waals surface area contributed by atoms with E-state index in [1.54, 1.807) is 18.2 Å². The van der Waals surface area contributed by atoms with Crippen molar-refractivity contribution in [2.45, 2.75) is 6.04 Å². The van der Waals surface area contributed by atoms with Gasteiger partial charge in [0.25, 0.3) is 17.4 Å². The third-order valence-electron chi connectivity index (χ3n) is 5.56. The summed E-state index contributed by atoms with van der Waals surface area (Å²) in [5, 5.41) is 22.2. The normalized spacial score (nSPS) is 19.2. The van der Waals surface area contributed by atoms with Crippen molar-refractivity contribution in [2.24, 2.45) is 0 Å². The fraction of sp³-hybridized carbons (Fsp3) is 0.304. The second-order valence-corrected chi connectivity index (χ2v) is 8.00. The van der Waals surface area contributed by atoms with E-state index in [4.69, 9.17) is 9.47 Å². The number of rotatable bonds is 6. The summed E-state index contributed by atoms with van der Waals surface area (Å²) >= 11 is 0. The molecule has 1 fully saturated rings. The predicted octanol–water partition coefficient (Wildman–Crippen LogP) is 2.35. The molecule has 2 aliphatic heterocycles. The summed E-state index contributed by atoms with van der Waals surface area (Å²) in [6.07, 6.45) is 0. The standard InChI is InChI=1S/C23H23N3O7/c1-24(2)9-10-25-20(14-3-6-16(7-4-14)26(30)31)19(22(28)23(25)29)21(27)15-5-8-17-18(13-15)33-12-11-32-17/h3-8,13,20,27H,9-12H2,1-2H3/b21-19+. The lowest BCUT2D eigenvalue weighted by molar-refractivity contribution is -0.384. The van der Waals surface area contributed by atoms with Gasteiger partial charge in [-0.3, -0.25) is 19.7 Å². The van der Waals surface area contributed by atoms with Gasteiger partial charge in [0, 0.05) is 30.8 Å². The number of carbonyl (C=O) groups is 2. The average molecular weight is 453 g/mol. The SMILES string of the molecule is CN(C)CCN1C(=O)C(=O)/C(=C(/O)c2ccc3c(c2)OCCO3)C1c1ccc([N+](=O)[O-])cc1. The molecule has 1 N–H and O–H groups in total. The van der Waals surface area contributed by atoms with Gasteiger partial charge in [-0.05, 0) is 50.0 Å². The molecule has 0 bridgehead atoms. The average Bonchev–Trinajstić information content (AvgIpc) is 3.06. The van der Waals surface area contributed by atoms with Crippen molar-refractivity contribution in [3.05, 3.63) is 69.3 Å². The minimum absolute atomic E-state index is 0.0794. The van der Waals surface area contributed by atoms with Crippen molar-refractivity contribution in [1.82, 2.24) is 9.80 Å². The maximum Gasteiger partial charge on any atom is 0.295 e. The molecule has 2 heterocycles. The molecule has 10 heteroatoms. The first-order valence-electron chi connectivity index (χ1n) is 10.4. The molecular weight excluding hydrogens is 430 g/mol. The number of carbonyl (C=O) groups excluding carboxylic acids is 2. The van der Waals surface area contributed by atoms with E-state index in [0.717, 1.165) is 0 Å². The van der Waals surface area contributed by atoms with Crippen LogP contribution in [0.25, 0.3) is 5.76 Å². The zero-order valence-electron chi connectivity index (χ0n) is 18.2. The Morgan fingerprint density at radius 3 is 2.42 bits per heavy atom. The zero-order valence-corrected chi connectivity index (χ0v) is 18.2. The molecule has 1 atom stereocenters. The molecule has 0 aromatic heterocycles. The lowest BCUT2D eigenvalue weighted by Crippen LogP contribution is -2.35. The van der Waals surface area contributed by atoms with Crippen molar-refractivity contribution in [2.75, 3.05) is 40.4 Å². The van der Waals surface area contributed by atoms with Gasteiger partial charge in [0.05, 0.1) is 16.5 Å². The van der Waals surface area contributed by atoms with Crippen LogP contribution in [-0.4, -0.2) is 71.9 Å². The van der Waals surface area contributed by atoms with Gasteiger partial charge in [0.1, 0.15) is 19.0 Å². The number of hydrogen-bond acceptors (Lipinski definition) is 8. The van der Waals surface area contributed by atoms with Gasteiger partial charge in [-0.1, -0.05) is 0 Å². The Kier molecular flexibility index (Phi) is 6.01. The van der Waals surface area contributed by atoms with Crippen LogP contribution in [0.3, 0.4) is 0 Å². The summed E-state index contributed by atoms with van der Waals surface area (Å²) in [5.74, 6) is -0.944. The molecule has 172 valence electrons. The minimum atomic E-state index is -0.890. The van der Waals surface area contributed by atoms with Crippen LogP contribution in [0.2, 0.25) is 0 Å². The van der Waals surface area contributed by atoms with Gasteiger partial charge in [0.15, 0.2) is 11.5 Å². The van der Waals surface area contributed by atoms with Gasteiger partial charge >= 0.3 is 0 Å². The second-order valence-electron chi connectivity index (χ2n) is 8.00. The Balaban J connectivity index is 1.81. The molecule has 0 spiro atoms. The molecule has 33 heavy (non-hydrogen) atoms. The highest BCUT2D eigenvalue weighted by molar-refractivity contribution is 6.46. The lowest BCUT2D eigenvalue weighted by Gasteiger charge is -2.26. The molecule has 2 aromatic rings. The highest BCUT2D eigenvalue weighted by atomic mass is 16.6. The van der Waals surface area contributed by atoms with Crippen LogP contribution in [0.15, 0.2) is 48.0 Å². The van der Waals surface area contributed by atoms with Crippen LogP contribution < -0.4 is 9.47 Å². The fourth-order valence-electron chi connectivity index (χ4n) is 3.89. The number of likely N-dealkylation sites (tertiary alicyclic amines) is 1. The summed E-state index contributed by atoms with van der Waals surface area (Å²) in [6.45, 7) is 1.49. The second kappa shape index (κ2) is 8.91. The minimum Gasteiger partial charge on any atom is -0.507 e. The first kappa shape index (κ1) is 22.3. The maximum absolute atomic E-state index is 13.0. The van der Waals surface area contributed by atoms with Gasteiger partial charge in [-0.2, -0.15) is 0 Å². The Hall–Kier alpha value is -3.92. The number of ketones is 1. The molecule has 1 amide bonds. The van der Waals surface area contributed by atoms with Crippen LogP contribution >= 0.6 is 0 Å². The largest absolute Gasteiger partial charge is 0.507 e. The van der Waals surface area contributed by atoms with E-state index in [1.807, 2.05) is 19.0 Å². The number of Topliss-reactive ketones (excluding diaryl/α,β-unsaturated/α-hetero) is 1. The third-order valence-corrected chi connectivity index (χ3v) is 5.56. The van der Waals surface area contributed by atoms with Crippen molar-refractivity contribution >= 4 is 23.1 Å². The number of likely N-dealkylation sites (N-methyl/N-ethyl adjacent to an activating group) is 1. The smallest absolute Gasteiger partial charge is 0.295 e. The molecule has 0 saturated carbocycles. The number of aliphatic hydroxyl groups excluding tert-OH is 1. The summed E-state index contributed by atoms with van der Waals surface area (Å²) in [6, 6.07) is 9.50. The summed E-state index contributed by atoms with van der Waals surface area (Å²) in [7, 11) is 3.68. The number of nitro benzene ring substituents is 1. The number of amides is 1. The van der Waals surface area contributed by atoms with E-state index in [9.17, 15) is 24.8 Å². The Bertz CT molecular complexity index is 1140. The van der Waals surface area contributed by atoms with E-state index in [-0.39, 0.29) is 23.6 Å². The highest BCUT2D eigenvalue weighted by Gasteiger charge is 2.46. The van der Waals surface area contributed by atoms with E-state index >= 15 is 0 Å². The predicted molar refractivity (Wildman–Crippen MR) is 118 cm³/mol. The number of nitro groups is 1. The quantitative estimate of drug-likeness (QED) is 0.233. The van der Waals surface area contributed by atoms with E-state index in [1.165, 1.54) is 29.2 Å². The zero-order chi connectivity index (χ0) is 23.7. The molecule has 0 aliphatic carbocycles. The van der Waals surface area contributed by atoms with E-state index < -0.39 is 22.7 Å². The van der Waals surface area contributed by atoms with Crippen LogP contribution in [0.5, 0.6) is 11.5 Å². The van der Waals surface area contributed by atoms with Gasteiger partial charge in [-0.25, -0.2) is 0 Å². The Morgan fingerprint density at radius 1 is 1.12 bits per heavy atom. The van der Waals surface area contributed by atoms with E-state index in [2.05, 4.69) is 0 Å². The monoisotopic (exact) mass is 453 g/mol. The molecule has 0 radical (unpaired) electrons. The Morgan fingerprint density at radius 2 is 1.79 bits per heavy atom. The first-order chi connectivity index (χ1) is 15.8. The maximum atomic E-state index is 13.0. The fourth-order valence-corrected chi connectivity index (χ4v) is 3.89. The lowest BCUT2D eigenvalue weighted by atomic mass is 9.95. The number of fused-ring (bicyclic) bond motifs is 1. The van der Waals surface area contributed by atoms with Crippen LogP contribution in [0.4, 0.5) is 5.69 Å². The number of hydrogen-bond donors (Lipinski definition) is 1. The summed E-state index contributed by atoms with van der Waals surface area (Å²) < 4.78 is 11.1. The summed E-state index contributed by atoms with van der Waals surface area (Å²) in [5.41, 5.74) is 0.592. The highest BCUT2D eigenvalue weighted by Crippen LogP contribution is 2.41. The van der Waals surface area contributed by atoms with Crippen molar-refractivity contribution in [1.29, 1.82) is 0 Å². The van der Waals surface area contributed by atoms with Crippen LogP contribution in [-0.2, 0) is 9.59 Å². The number of aliphatic hydroxyl groups is 1. The number of benzene rings is 2. The molecule has 2 aliphatic rings. The molecule has 4 rings (SSSR count). The third kappa shape index (κ3) is 4.24. The number of non-ortho nitro benzene ring substituents is 1. The molecule has 10 nitrogen and oxygen atoms in total. The first-order valence-corrected chi connectivity index (χ1v) is 10.4. The van der Waals surface area contributed by atoms with Gasteiger partial charge in [-0.15, -0.1) is 0 Å². The summed E-state index contributed by atoms with van der Waals surface area (Å²) in [4.78, 5) is 39.7. The number of ether oxygens (including phenoxy) is 2. The van der Waals surface area contributed by atoms with Crippen molar-refractivity contribution in [3.8, 4) is 11.5 Å². The van der Waals surface area contributed by atoms with Gasteiger partial charge < -0.3 is 24.4 Å². The van der Waals surface area contributed by atoms with Crippen LogP contribution in [0, 0.1) is 10.1 Å². The Labute approximate surface area is 189 Å². The molecule has 1 saturated heterocycles. The molecular formula is C23H23N3O7. The van der Waals surface area contributed by atoms with Crippen molar-refractivity contribution in [3.63, 3.8) is 0 Å². The molecule has 1 unspecified atom stereocenters. The topological polar surface area (TPSA) is 122 Å². The van der Waals surface area contributed by atoms with Crippen molar-refractivity contribution < 1.29 is 29.1 Å². The van der Waals surface area contributed by atoms with Crippen LogP contribution in [0.1, 0.15) is 17.2 Å². The van der Waals surface area contributed by atoms with Gasteiger partial charge in [0.2, 0.25) is 0 Å². The molecule has 2 aromatic carbocycles. The van der Waals surface area contributed by atoms with E-state index in [0.29, 0.717) is 42.4 Å². The number of nitrogens with zero attached hydrogens (tertiary/aromatic N) is 3.